The van der Waals surface area contributed by atoms with Crippen LogP contribution in [0.4, 0.5) is 0 Å². The van der Waals surface area contributed by atoms with Gasteiger partial charge in [-0.3, -0.25) is 9.59 Å². The lowest BCUT2D eigenvalue weighted by molar-refractivity contribution is -0.143. The first-order chi connectivity index (χ1) is 10.3. The second kappa shape index (κ2) is 6.17. The summed E-state index contributed by atoms with van der Waals surface area (Å²) < 4.78 is 0. The Kier molecular flexibility index (Phi) is 4.49. The third-order valence-corrected chi connectivity index (χ3v) is 3.78. The highest BCUT2D eigenvalue weighted by Gasteiger charge is 2.51. The standard InChI is InChI=1S/C16H20N2O4/c1-10-3-5-12(6-4-10)13(17-11(2)19)9-14(20)18-16(7-8-16)15(21)22/h3-6,13H,7-9H2,1-2H3,(H,17,19)(H,18,20)(H,21,22). The Labute approximate surface area is 128 Å². The Morgan fingerprint density at radius 1 is 1.23 bits per heavy atom. The minimum atomic E-state index is -1.11. The summed E-state index contributed by atoms with van der Waals surface area (Å²) >= 11 is 0. The van der Waals surface area contributed by atoms with Crippen LogP contribution in [0.1, 0.15) is 43.4 Å². The van der Waals surface area contributed by atoms with Crippen LogP contribution in [0.25, 0.3) is 0 Å². The zero-order valence-electron chi connectivity index (χ0n) is 12.7. The maximum atomic E-state index is 12.1. The van der Waals surface area contributed by atoms with Crippen LogP contribution in [0.15, 0.2) is 24.3 Å². The van der Waals surface area contributed by atoms with Crippen LogP contribution < -0.4 is 10.6 Å². The molecule has 0 saturated heterocycles. The lowest BCUT2D eigenvalue weighted by Crippen LogP contribution is -2.44. The van der Waals surface area contributed by atoms with Crippen molar-refractivity contribution in [1.29, 1.82) is 0 Å². The Morgan fingerprint density at radius 3 is 2.27 bits per heavy atom. The van der Waals surface area contributed by atoms with Crippen molar-refractivity contribution in [2.45, 2.75) is 44.7 Å². The van der Waals surface area contributed by atoms with Gasteiger partial charge in [0.05, 0.1) is 12.5 Å². The average Bonchev–Trinajstić information content (AvgIpc) is 3.19. The van der Waals surface area contributed by atoms with Crippen molar-refractivity contribution in [2.24, 2.45) is 0 Å². The monoisotopic (exact) mass is 304 g/mol. The topological polar surface area (TPSA) is 95.5 Å². The number of nitrogens with one attached hydrogen (secondary N) is 2. The summed E-state index contributed by atoms with van der Waals surface area (Å²) in [4.78, 5) is 34.6. The molecule has 0 radical (unpaired) electrons. The molecule has 0 aliphatic heterocycles. The summed E-state index contributed by atoms with van der Waals surface area (Å²) in [6, 6.07) is 7.05. The summed E-state index contributed by atoms with van der Waals surface area (Å²) in [7, 11) is 0. The molecule has 0 heterocycles. The SMILES string of the molecule is CC(=O)NC(CC(=O)NC1(C(=O)O)CC1)c1ccc(C)cc1. The molecule has 0 spiro atoms. The molecule has 2 amide bonds. The lowest BCUT2D eigenvalue weighted by Gasteiger charge is -2.20. The molecule has 1 atom stereocenters. The number of hydrogen-bond acceptors (Lipinski definition) is 3. The third kappa shape index (κ3) is 3.84. The fourth-order valence-corrected chi connectivity index (χ4v) is 2.32. The second-order valence-corrected chi connectivity index (χ2v) is 5.80. The first-order valence-electron chi connectivity index (χ1n) is 7.20. The van der Waals surface area contributed by atoms with E-state index in [2.05, 4.69) is 10.6 Å². The van der Waals surface area contributed by atoms with E-state index in [1.54, 1.807) is 0 Å². The Balaban J connectivity index is 2.06. The number of hydrogen-bond donors (Lipinski definition) is 3. The van der Waals surface area contributed by atoms with Crippen molar-refractivity contribution < 1.29 is 19.5 Å². The van der Waals surface area contributed by atoms with Crippen LogP contribution in [-0.2, 0) is 14.4 Å². The van der Waals surface area contributed by atoms with E-state index in [1.807, 2.05) is 31.2 Å². The molecule has 6 nitrogen and oxygen atoms in total. The number of carboxylic acid groups (broad SMARTS) is 1. The molecule has 1 aliphatic rings. The van der Waals surface area contributed by atoms with Crippen molar-refractivity contribution in [3.63, 3.8) is 0 Å². The fraction of sp³-hybridized carbons (Fsp3) is 0.438. The number of carbonyl (C=O) groups excluding carboxylic acids is 2. The van der Waals surface area contributed by atoms with Crippen molar-refractivity contribution in [3.05, 3.63) is 35.4 Å². The molecule has 1 aromatic carbocycles. The first kappa shape index (κ1) is 16.0. The molecule has 2 rings (SSSR count). The summed E-state index contributed by atoms with van der Waals surface area (Å²) in [5.74, 6) is -1.62. The highest BCUT2D eigenvalue weighted by molar-refractivity contribution is 5.90. The van der Waals surface area contributed by atoms with E-state index in [-0.39, 0.29) is 18.2 Å². The molecule has 1 unspecified atom stereocenters. The molecule has 1 aromatic rings. The van der Waals surface area contributed by atoms with E-state index in [4.69, 9.17) is 5.11 Å². The van der Waals surface area contributed by atoms with Gasteiger partial charge in [-0.2, -0.15) is 0 Å². The average molecular weight is 304 g/mol. The lowest BCUT2D eigenvalue weighted by atomic mass is 10.0. The molecule has 3 N–H and O–H groups in total. The van der Waals surface area contributed by atoms with Gasteiger partial charge in [0.15, 0.2) is 0 Å². The Bertz CT molecular complexity index is 591. The maximum absolute atomic E-state index is 12.1. The van der Waals surface area contributed by atoms with Crippen LogP contribution in [0.5, 0.6) is 0 Å². The van der Waals surface area contributed by atoms with Crippen LogP contribution in [-0.4, -0.2) is 28.4 Å². The predicted octanol–water partition coefficient (Wildman–Crippen LogP) is 1.30. The van der Waals surface area contributed by atoms with Crippen molar-refractivity contribution in [2.75, 3.05) is 0 Å². The molecule has 22 heavy (non-hydrogen) atoms. The number of rotatable bonds is 6. The van der Waals surface area contributed by atoms with Crippen molar-refractivity contribution >= 4 is 17.8 Å². The van der Waals surface area contributed by atoms with Crippen LogP contribution in [0, 0.1) is 6.92 Å². The number of benzene rings is 1. The van der Waals surface area contributed by atoms with Gasteiger partial charge < -0.3 is 15.7 Å². The maximum Gasteiger partial charge on any atom is 0.329 e. The van der Waals surface area contributed by atoms with E-state index in [1.165, 1.54) is 6.92 Å². The van der Waals surface area contributed by atoms with Crippen LogP contribution >= 0.6 is 0 Å². The Hall–Kier alpha value is -2.37. The number of amides is 2. The van der Waals surface area contributed by atoms with E-state index in [9.17, 15) is 14.4 Å². The molecule has 1 fully saturated rings. The van der Waals surface area contributed by atoms with E-state index < -0.39 is 17.6 Å². The normalized spacial score (nSPS) is 16.5. The third-order valence-electron chi connectivity index (χ3n) is 3.78. The predicted molar refractivity (Wildman–Crippen MR) is 80.1 cm³/mol. The van der Waals surface area contributed by atoms with Gasteiger partial charge in [-0.05, 0) is 25.3 Å². The van der Waals surface area contributed by atoms with E-state index >= 15 is 0 Å². The molecular weight excluding hydrogens is 284 g/mol. The number of aliphatic carboxylic acids is 1. The van der Waals surface area contributed by atoms with E-state index in [0.29, 0.717) is 12.8 Å². The molecule has 6 heteroatoms. The highest BCUT2D eigenvalue weighted by Crippen LogP contribution is 2.35. The largest absolute Gasteiger partial charge is 0.480 e. The number of carbonyl (C=O) groups is 3. The van der Waals surface area contributed by atoms with Crippen molar-refractivity contribution in [3.8, 4) is 0 Å². The smallest absolute Gasteiger partial charge is 0.329 e. The zero-order valence-corrected chi connectivity index (χ0v) is 12.7. The number of carboxylic acids is 1. The number of aryl methyl sites for hydroxylation is 1. The molecular formula is C16H20N2O4. The van der Waals surface area contributed by atoms with E-state index in [0.717, 1.165) is 11.1 Å². The summed E-state index contributed by atoms with van der Waals surface area (Å²) in [6.45, 7) is 3.34. The minimum Gasteiger partial charge on any atom is -0.480 e. The molecule has 118 valence electrons. The first-order valence-corrected chi connectivity index (χ1v) is 7.20. The Morgan fingerprint density at radius 2 is 1.82 bits per heavy atom. The summed E-state index contributed by atoms with van der Waals surface area (Å²) in [6.07, 6.45) is 0.907. The fourth-order valence-electron chi connectivity index (χ4n) is 2.32. The van der Waals surface area contributed by atoms with Crippen LogP contribution in [0.3, 0.4) is 0 Å². The molecule has 0 aromatic heterocycles. The van der Waals surface area contributed by atoms with Gasteiger partial charge in [0.2, 0.25) is 11.8 Å². The van der Waals surface area contributed by atoms with Gasteiger partial charge in [0, 0.05) is 6.92 Å². The molecule has 0 bridgehead atoms. The quantitative estimate of drug-likeness (QED) is 0.738. The van der Waals surface area contributed by atoms with Gasteiger partial charge >= 0.3 is 5.97 Å². The van der Waals surface area contributed by atoms with Gasteiger partial charge in [-0.1, -0.05) is 29.8 Å². The second-order valence-electron chi connectivity index (χ2n) is 5.80. The van der Waals surface area contributed by atoms with Gasteiger partial charge in [-0.25, -0.2) is 4.79 Å². The van der Waals surface area contributed by atoms with Gasteiger partial charge in [0.25, 0.3) is 0 Å². The zero-order chi connectivity index (χ0) is 16.3. The highest BCUT2D eigenvalue weighted by atomic mass is 16.4. The van der Waals surface area contributed by atoms with Gasteiger partial charge in [-0.15, -0.1) is 0 Å². The summed E-state index contributed by atoms with van der Waals surface area (Å²) in [5.41, 5.74) is 0.791. The van der Waals surface area contributed by atoms with Gasteiger partial charge in [0.1, 0.15) is 5.54 Å². The van der Waals surface area contributed by atoms with Crippen LogP contribution in [0.2, 0.25) is 0 Å². The van der Waals surface area contributed by atoms with Crippen molar-refractivity contribution in [1.82, 2.24) is 10.6 Å². The summed E-state index contributed by atoms with van der Waals surface area (Å²) in [5, 5.41) is 14.4. The molecule has 1 aliphatic carbocycles. The molecule has 1 saturated carbocycles. The minimum absolute atomic E-state index is 0.0116.